The van der Waals surface area contributed by atoms with Crippen LogP contribution in [0.4, 0.5) is 0 Å². The number of rotatable bonds is 5. The molecule has 0 aliphatic carbocycles. The fraction of sp³-hybridized carbons (Fsp3) is 0.188. The van der Waals surface area contributed by atoms with E-state index in [2.05, 4.69) is 0 Å². The molecule has 2 rings (SSSR count). The number of hydrogen-bond acceptors (Lipinski definition) is 6. The Morgan fingerprint density at radius 3 is 2.23 bits per heavy atom. The van der Waals surface area contributed by atoms with Crippen LogP contribution in [0, 0.1) is 0 Å². The summed E-state index contributed by atoms with van der Waals surface area (Å²) in [6.45, 7) is 0. The van der Waals surface area contributed by atoms with Crippen molar-refractivity contribution in [2.75, 3.05) is 14.2 Å². The molecule has 0 aliphatic heterocycles. The van der Waals surface area contributed by atoms with Crippen LogP contribution in [0.15, 0.2) is 36.4 Å². The van der Waals surface area contributed by atoms with Crippen molar-refractivity contribution >= 4 is 5.97 Å². The third-order valence-electron chi connectivity index (χ3n) is 2.94. The molecule has 2 N–H and O–H groups in total. The molecule has 0 unspecified atom stereocenters. The van der Waals surface area contributed by atoms with Crippen LogP contribution in [0.5, 0.6) is 28.7 Å². The molecule has 0 heterocycles. The zero-order valence-electron chi connectivity index (χ0n) is 12.2. The van der Waals surface area contributed by atoms with E-state index in [1.807, 2.05) is 0 Å². The van der Waals surface area contributed by atoms with Crippen molar-refractivity contribution in [3.8, 4) is 28.7 Å². The van der Waals surface area contributed by atoms with Crippen LogP contribution in [0.25, 0.3) is 0 Å². The third kappa shape index (κ3) is 3.82. The number of ether oxygens (including phenoxy) is 3. The number of phenols is 2. The second kappa shape index (κ2) is 6.71. The van der Waals surface area contributed by atoms with Crippen LogP contribution in [0.1, 0.15) is 5.56 Å². The maximum atomic E-state index is 12.0. The first kappa shape index (κ1) is 15.5. The Morgan fingerprint density at radius 1 is 0.955 bits per heavy atom. The molecule has 0 saturated heterocycles. The van der Waals surface area contributed by atoms with E-state index in [1.165, 1.54) is 26.4 Å². The highest BCUT2D eigenvalue weighted by Gasteiger charge is 2.13. The molecule has 0 bridgehead atoms. The summed E-state index contributed by atoms with van der Waals surface area (Å²) in [7, 11) is 3.04. The topological polar surface area (TPSA) is 85.2 Å². The first-order valence-electron chi connectivity index (χ1n) is 6.46. The quantitative estimate of drug-likeness (QED) is 0.651. The van der Waals surface area contributed by atoms with Gasteiger partial charge in [0.25, 0.3) is 0 Å². The number of benzene rings is 2. The Balaban J connectivity index is 2.11. The lowest BCUT2D eigenvalue weighted by molar-refractivity contribution is -0.133. The van der Waals surface area contributed by atoms with Crippen molar-refractivity contribution in [1.29, 1.82) is 0 Å². The average molecular weight is 304 g/mol. The molecule has 0 saturated carbocycles. The minimum absolute atomic E-state index is 0.0242. The molecule has 0 aliphatic rings. The maximum Gasteiger partial charge on any atom is 0.315 e. The minimum atomic E-state index is -0.548. The summed E-state index contributed by atoms with van der Waals surface area (Å²) in [5, 5.41) is 18.7. The zero-order valence-corrected chi connectivity index (χ0v) is 12.2. The van der Waals surface area contributed by atoms with Gasteiger partial charge in [0.2, 0.25) is 0 Å². The third-order valence-corrected chi connectivity index (χ3v) is 2.94. The number of hydrogen-bond donors (Lipinski definition) is 2. The molecular weight excluding hydrogens is 288 g/mol. The molecule has 0 atom stereocenters. The van der Waals surface area contributed by atoms with E-state index >= 15 is 0 Å². The summed E-state index contributed by atoms with van der Waals surface area (Å²) >= 11 is 0. The highest BCUT2D eigenvalue weighted by molar-refractivity contribution is 5.76. The monoisotopic (exact) mass is 304 g/mol. The summed E-state index contributed by atoms with van der Waals surface area (Å²) in [5.74, 6) is 0.264. The van der Waals surface area contributed by atoms with Crippen LogP contribution in [-0.4, -0.2) is 30.4 Å². The molecule has 2 aromatic rings. The van der Waals surface area contributed by atoms with Gasteiger partial charge in [0.1, 0.15) is 28.7 Å². The molecule has 0 radical (unpaired) electrons. The second-order valence-electron chi connectivity index (χ2n) is 4.51. The van der Waals surface area contributed by atoms with Gasteiger partial charge in [-0.3, -0.25) is 4.79 Å². The number of aromatic hydroxyl groups is 2. The Kier molecular flexibility index (Phi) is 4.73. The van der Waals surface area contributed by atoms with Gasteiger partial charge in [0, 0.05) is 29.8 Å². The van der Waals surface area contributed by atoms with Gasteiger partial charge in [-0.1, -0.05) is 6.07 Å². The maximum absolute atomic E-state index is 12.0. The fourth-order valence-corrected chi connectivity index (χ4v) is 1.95. The van der Waals surface area contributed by atoms with Gasteiger partial charge in [0.05, 0.1) is 20.6 Å². The lowest BCUT2D eigenvalue weighted by atomic mass is 10.1. The van der Waals surface area contributed by atoms with Crippen LogP contribution >= 0.6 is 0 Å². The fourth-order valence-electron chi connectivity index (χ4n) is 1.95. The number of phenolic OH excluding ortho intramolecular Hbond substituents is 2. The summed E-state index contributed by atoms with van der Waals surface area (Å²) in [6, 6.07) is 8.71. The molecule has 22 heavy (non-hydrogen) atoms. The summed E-state index contributed by atoms with van der Waals surface area (Å²) in [5.41, 5.74) is 0.637. The van der Waals surface area contributed by atoms with E-state index in [9.17, 15) is 15.0 Å². The Morgan fingerprint density at radius 2 is 1.64 bits per heavy atom. The summed E-state index contributed by atoms with van der Waals surface area (Å²) in [4.78, 5) is 12.0. The van der Waals surface area contributed by atoms with E-state index in [1.54, 1.807) is 18.2 Å². The molecule has 6 heteroatoms. The van der Waals surface area contributed by atoms with Crippen LogP contribution < -0.4 is 14.2 Å². The van der Waals surface area contributed by atoms with Gasteiger partial charge in [-0.15, -0.1) is 0 Å². The molecular formula is C16H16O6. The smallest absolute Gasteiger partial charge is 0.315 e. The molecule has 0 spiro atoms. The van der Waals surface area contributed by atoms with Crippen molar-refractivity contribution in [3.63, 3.8) is 0 Å². The average Bonchev–Trinajstić information content (AvgIpc) is 2.46. The SMILES string of the molecule is COc1ccc(CC(=O)Oc2cc(O)cc(O)c2)c(OC)c1. The number of carbonyl (C=O) groups excluding carboxylic acids is 1. The van der Waals surface area contributed by atoms with Gasteiger partial charge in [-0.05, 0) is 6.07 Å². The van der Waals surface area contributed by atoms with E-state index < -0.39 is 5.97 Å². The first-order chi connectivity index (χ1) is 10.5. The summed E-state index contributed by atoms with van der Waals surface area (Å²) < 4.78 is 15.4. The largest absolute Gasteiger partial charge is 0.508 e. The molecule has 0 fully saturated rings. The van der Waals surface area contributed by atoms with Crippen molar-refractivity contribution in [2.24, 2.45) is 0 Å². The molecule has 0 aromatic heterocycles. The Hall–Kier alpha value is -2.89. The number of esters is 1. The Labute approximate surface area is 127 Å². The van der Waals surface area contributed by atoms with Gasteiger partial charge in [0.15, 0.2) is 0 Å². The zero-order chi connectivity index (χ0) is 16.1. The summed E-state index contributed by atoms with van der Waals surface area (Å²) in [6.07, 6.45) is -0.0242. The molecule has 0 amide bonds. The van der Waals surface area contributed by atoms with E-state index in [4.69, 9.17) is 14.2 Å². The van der Waals surface area contributed by atoms with Crippen LogP contribution in [0.3, 0.4) is 0 Å². The molecule has 2 aromatic carbocycles. The first-order valence-corrected chi connectivity index (χ1v) is 6.46. The second-order valence-corrected chi connectivity index (χ2v) is 4.51. The lowest BCUT2D eigenvalue weighted by Gasteiger charge is -2.10. The van der Waals surface area contributed by atoms with Crippen molar-refractivity contribution < 1.29 is 29.2 Å². The molecule has 6 nitrogen and oxygen atoms in total. The van der Waals surface area contributed by atoms with Crippen molar-refractivity contribution in [3.05, 3.63) is 42.0 Å². The molecule has 116 valence electrons. The van der Waals surface area contributed by atoms with Gasteiger partial charge < -0.3 is 24.4 Å². The van der Waals surface area contributed by atoms with Crippen molar-refractivity contribution in [1.82, 2.24) is 0 Å². The standard InChI is InChI=1S/C16H16O6/c1-20-13-4-3-10(15(9-13)21-2)5-16(19)22-14-7-11(17)6-12(18)8-14/h3-4,6-9,17-18H,5H2,1-2H3. The minimum Gasteiger partial charge on any atom is -0.508 e. The van der Waals surface area contributed by atoms with E-state index in [0.717, 1.165) is 6.07 Å². The van der Waals surface area contributed by atoms with Gasteiger partial charge >= 0.3 is 5.97 Å². The van der Waals surface area contributed by atoms with E-state index in [-0.39, 0.29) is 23.7 Å². The number of carbonyl (C=O) groups is 1. The van der Waals surface area contributed by atoms with Crippen molar-refractivity contribution in [2.45, 2.75) is 6.42 Å². The van der Waals surface area contributed by atoms with Crippen LogP contribution in [-0.2, 0) is 11.2 Å². The van der Waals surface area contributed by atoms with Gasteiger partial charge in [-0.2, -0.15) is 0 Å². The highest BCUT2D eigenvalue weighted by Crippen LogP contribution is 2.28. The van der Waals surface area contributed by atoms with Crippen LogP contribution in [0.2, 0.25) is 0 Å². The predicted octanol–water partition coefficient (Wildman–Crippen LogP) is 2.26. The Bertz CT molecular complexity index is 660. The van der Waals surface area contributed by atoms with E-state index in [0.29, 0.717) is 17.1 Å². The normalized spacial score (nSPS) is 10.1. The number of methoxy groups -OCH3 is 2. The lowest BCUT2D eigenvalue weighted by Crippen LogP contribution is -2.12. The predicted molar refractivity (Wildman–Crippen MR) is 78.7 cm³/mol. The highest BCUT2D eigenvalue weighted by atomic mass is 16.5. The van der Waals surface area contributed by atoms with Gasteiger partial charge in [-0.25, -0.2) is 0 Å².